The van der Waals surface area contributed by atoms with Crippen LogP contribution in [0.4, 0.5) is 11.4 Å². The predicted molar refractivity (Wildman–Crippen MR) is 152 cm³/mol. The first-order valence-corrected chi connectivity index (χ1v) is 13.2. The van der Waals surface area contributed by atoms with E-state index in [1.54, 1.807) is 54.1 Å². The highest BCUT2D eigenvalue weighted by molar-refractivity contribution is 6.07. The number of carbonyl (C=O) groups is 2. The van der Waals surface area contributed by atoms with Crippen molar-refractivity contribution in [2.45, 2.75) is 31.4 Å². The van der Waals surface area contributed by atoms with Crippen LogP contribution < -0.4 is 10.6 Å². The van der Waals surface area contributed by atoms with Crippen molar-refractivity contribution >= 4 is 23.2 Å². The van der Waals surface area contributed by atoms with Crippen LogP contribution in [0.1, 0.15) is 46.4 Å². The number of hydrogen-bond donors (Lipinski definition) is 4. The van der Waals surface area contributed by atoms with E-state index in [1.165, 1.54) is 0 Å². The number of aliphatic hydroxyl groups excluding tert-OH is 1. The molecule has 0 saturated heterocycles. The van der Waals surface area contributed by atoms with Gasteiger partial charge >= 0.3 is 0 Å². The van der Waals surface area contributed by atoms with Gasteiger partial charge in [0.25, 0.3) is 11.8 Å². The van der Waals surface area contributed by atoms with Crippen molar-refractivity contribution in [3.63, 3.8) is 0 Å². The van der Waals surface area contributed by atoms with Gasteiger partial charge in [-0.15, -0.1) is 5.10 Å². The Morgan fingerprint density at radius 3 is 2.55 bits per heavy atom. The normalized spacial score (nSPS) is 17.8. The van der Waals surface area contributed by atoms with Gasteiger partial charge in [-0.1, -0.05) is 72.8 Å². The van der Waals surface area contributed by atoms with Crippen LogP contribution in [-0.4, -0.2) is 43.6 Å². The summed E-state index contributed by atoms with van der Waals surface area (Å²) in [6.45, 7) is 2.25. The van der Waals surface area contributed by atoms with E-state index in [0.29, 0.717) is 41.2 Å². The summed E-state index contributed by atoms with van der Waals surface area (Å²) in [5.41, 5.74) is 1.79. The second-order valence-corrected chi connectivity index (χ2v) is 9.86. The number of aliphatic hydroxyl groups is 2. The molecule has 4 N–H and O–H groups in total. The Hall–Kier alpha value is -4.60. The Labute approximate surface area is 232 Å². The molecule has 0 saturated carbocycles. The molecule has 40 heavy (non-hydrogen) atoms. The topological polar surface area (TPSA) is 129 Å². The van der Waals surface area contributed by atoms with Gasteiger partial charge in [0.1, 0.15) is 0 Å². The van der Waals surface area contributed by atoms with Gasteiger partial charge in [-0.25, -0.2) is 0 Å². The molecule has 3 aromatic carbocycles. The quantitative estimate of drug-likeness (QED) is 0.226. The maximum Gasteiger partial charge on any atom is 0.261 e. The van der Waals surface area contributed by atoms with Crippen molar-refractivity contribution in [3.05, 3.63) is 120 Å². The molecule has 204 valence electrons. The summed E-state index contributed by atoms with van der Waals surface area (Å²) < 4.78 is 1.71. The Balaban J connectivity index is 1.24. The largest absolute Gasteiger partial charge is 0.395 e. The minimum atomic E-state index is -1.79. The summed E-state index contributed by atoms with van der Waals surface area (Å²) in [7, 11) is 0. The standard InChI is InChI=1S/C31H31N5O4/c1-21(10-8-9-17-36-19-28(34-35-36)25(20-37)22-11-4-2-5-12-22)31(40)26-18-24(15-16-27(26)33-30(31)39)32-29(38)23-13-6-3-7-14-23/h2-8,10-16,18-19,21,25,37,40H,9,17,20H2,1H3,(H,32,38)(H,33,39)/b10-8+/t21-,25?,31+/m1/s1. The molecule has 9 heteroatoms. The van der Waals surface area contributed by atoms with Crippen LogP contribution in [0.25, 0.3) is 0 Å². The summed E-state index contributed by atoms with van der Waals surface area (Å²) >= 11 is 0. The lowest BCUT2D eigenvalue weighted by Gasteiger charge is -2.26. The molecule has 0 aliphatic carbocycles. The van der Waals surface area contributed by atoms with Gasteiger partial charge in [0, 0.05) is 41.2 Å². The predicted octanol–water partition coefficient (Wildman–Crippen LogP) is 4.08. The first kappa shape index (κ1) is 27.0. The first-order valence-electron chi connectivity index (χ1n) is 13.2. The number of aromatic nitrogens is 3. The number of rotatable bonds is 10. The maximum absolute atomic E-state index is 12.9. The molecule has 9 nitrogen and oxygen atoms in total. The SMILES string of the molecule is C[C@H](/C=C/CCn1cc(C(CO)c2ccccc2)nn1)[C@@]1(O)C(=O)Nc2ccc(NC(=O)c3ccccc3)cc21. The molecule has 1 aromatic heterocycles. The molecule has 0 bridgehead atoms. The molecule has 0 spiro atoms. The number of benzene rings is 3. The third kappa shape index (κ3) is 5.42. The molecule has 4 aromatic rings. The van der Waals surface area contributed by atoms with Crippen LogP contribution in [0.5, 0.6) is 0 Å². The van der Waals surface area contributed by atoms with E-state index in [0.717, 1.165) is 5.56 Å². The van der Waals surface area contributed by atoms with Crippen molar-refractivity contribution in [2.75, 3.05) is 17.2 Å². The molecule has 2 heterocycles. The van der Waals surface area contributed by atoms with E-state index in [9.17, 15) is 19.8 Å². The lowest BCUT2D eigenvalue weighted by molar-refractivity contribution is -0.137. The lowest BCUT2D eigenvalue weighted by Crippen LogP contribution is -2.39. The van der Waals surface area contributed by atoms with Crippen LogP contribution in [0.15, 0.2) is 97.2 Å². The van der Waals surface area contributed by atoms with Crippen molar-refractivity contribution in [2.24, 2.45) is 5.92 Å². The second kappa shape index (κ2) is 11.6. The van der Waals surface area contributed by atoms with Gasteiger partial charge in [-0.3, -0.25) is 14.3 Å². The van der Waals surface area contributed by atoms with Crippen LogP contribution in [0.2, 0.25) is 0 Å². The summed E-state index contributed by atoms with van der Waals surface area (Å²) in [6, 6.07) is 23.5. The molecule has 2 amide bonds. The Kier molecular flexibility index (Phi) is 7.86. The lowest BCUT2D eigenvalue weighted by atomic mass is 9.82. The fraction of sp³-hybridized carbons (Fsp3) is 0.226. The van der Waals surface area contributed by atoms with Crippen LogP contribution in [0, 0.1) is 5.92 Å². The summed E-state index contributed by atoms with van der Waals surface area (Å²) in [6.07, 6.45) is 6.13. The fourth-order valence-corrected chi connectivity index (χ4v) is 4.91. The van der Waals surface area contributed by atoms with Gasteiger partial charge in [0.2, 0.25) is 0 Å². The Morgan fingerprint density at radius 1 is 1.10 bits per heavy atom. The van der Waals surface area contributed by atoms with Crippen LogP contribution in [-0.2, 0) is 16.9 Å². The zero-order valence-corrected chi connectivity index (χ0v) is 22.1. The molecule has 1 aliphatic rings. The van der Waals surface area contributed by atoms with Crippen molar-refractivity contribution in [3.8, 4) is 0 Å². The van der Waals surface area contributed by atoms with Gasteiger partial charge in [-0.05, 0) is 42.3 Å². The van der Waals surface area contributed by atoms with E-state index in [1.807, 2.05) is 54.7 Å². The number of fused-ring (bicyclic) bond motifs is 1. The van der Waals surface area contributed by atoms with Crippen molar-refractivity contribution in [1.29, 1.82) is 0 Å². The molecule has 1 unspecified atom stereocenters. The molecule has 3 atom stereocenters. The van der Waals surface area contributed by atoms with Gasteiger partial charge in [-0.2, -0.15) is 0 Å². The number of allylic oxidation sites excluding steroid dienone is 1. The zero-order valence-electron chi connectivity index (χ0n) is 22.1. The van der Waals surface area contributed by atoms with E-state index < -0.39 is 17.4 Å². The summed E-state index contributed by atoms with van der Waals surface area (Å²) in [4.78, 5) is 25.5. The highest BCUT2D eigenvalue weighted by Gasteiger charge is 2.48. The molecule has 1 aliphatic heterocycles. The van der Waals surface area contributed by atoms with Crippen molar-refractivity contribution in [1.82, 2.24) is 15.0 Å². The molecule has 5 rings (SSSR count). The monoisotopic (exact) mass is 537 g/mol. The average molecular weight is 538 g/mol. The second-order valence-electron chi connectivity index (χ2n) is 9.86. The molecular weight excluding hydrogens is 506 g/mol. The Bertz CT molecular complexity index is 1520. The zero-order chi connectivity index (χ0) is 28.1. The fourth-order valence-electron chi connectivity index (χ4n) is 4.91. The number of carbonyl (C=O) groups excluding carboxylic acids is 2. The summed E-state index contributed by atoms with van der Waals surface area (Å²) in [5.74, 6) is -1.58. The van der Waals surface area contributed by atoms with E-state index in [4.69, 9.17) is 0 Å². The highest BCUT2D eigenvalue weighted by Crippen LogP contribution is 2.43. The van der Waals surface area contributed by atoms with Gasteiger partial charge in [0.05, 0.1) is 18.2 Å². The van der Waals surface area contributed by atoms with E-state index in [2.05, 4.69) is 20.9 Å². The van der Waals surface area contributed by atoms with Gasteiger partial charge < -0.3 is 20.8 Å². The number of aryl methyl sites for hydroxylation is 1. The summed E-state index contributed by atoms with van der Waals surface area (Å²) in [5, 5.41) is 35.4. The van der Waals surface area contributed by atoms with E-state index in [-0.39, 0.29) is 18.4 Å². The number of anilines is 2. The molecular formula is C31H31N5O4. The minimum Gasteiger partial charge on any atom is -0.395 e. The number of nitrogens with zero attached hydrogens (tertiary/aromatic N) is 3. The number of amides is 2. The van der Waals surface area contributed by atoms with E-state index >= 15 is 0 Å². The Morgan fingerprint density at radius 2 is 1.82 bits per heavy atom. The highest BCUT2D eigenvalue weighted by atomic mass is 16.3. The smallest absolute Gasteiger partial charge is 0.261 e. The first-order chi connectivity index (χ1) is 19.4. The van der Waals surface area contributed by atoms with Crippen LogP contribution >= 0.6 is 0 Å². The maximum atomic E-state index is 12.9. The van der Waals surface area contributed by atoms with Gasteiger partial charge in [0.15, 0.2) is 5.60 Å². The van der Waals surface area contributed by atoms with Crippen LogP contribution in [0.3, 0.4) is 0 Å². The molecule has 0 fully saturated rings. The average Bonchev–Trinajstić information content (AvgIpc) is 3.55. The van der Waals surface area contributed by atoms with Crippen molar-refractivity contribution < 1.29 is 19.8 Å². The molecule has 0 radical (unpaired) electrons. The third-order valence-corrected chi connectivity index (χ3v) is 7.22. The number of nitrogens with one attached hydrogen (secondary N) is 2. The number of hydrogen-bond acceptors (Lipinski definition) is 6. The third-order valence-electron chi connectivity index (χ3n) is 7.22. The minimum absolute atomic E-state index is 0.0695.